The number of nitrogens with zero attached hydrogens (tertiary/aromatic N) is 1. The maximum atomic E-state index is 12.3. The van der Waals surface area contributed by atoms with Crippen molar-refractivity contribution in [3.63, 3.8) is 0 Å². The number of piperidine rings is 1. The number of carbonyl (C=O) groups is 2. The van der Waals surface area contributed by atoms with Crippen LogP contribution < -0.4 is 10.6 Å². The van der Waals surface area contributed by atoms with Gasteiger partial charge < -0.3 is 15.5 Å². The summed E-state index contributed by atoms with van der Waals surface area (Å²) in [6.45, 7) is 5.36. The van der Waals surface area contributed by atoms with Crippen molar-refractivity contribution < 1.29 is 9.59 Å². The summed E-state index contributed by atoms with van der Waals surface area (Å²) in [5.41, 5.74) is 0. The van der Waals surface area contributed by atoms with Gasteiger partial charge in [0.15, 0.2) is 0 Å². The Balaban J connectivity index is 2.52. The Bertz CT molecular complexity index is 307. The van der Waals surface area contributed by atoms with E-state index in [2.05, 4.69) is 17.6 Å². The predicted octanol–water partition coefficient (Wildman–Crippen LogP) is 0.215. The van der Waals surface area contributed by atoms with E-state index in [4.69, 9.17) is 0 Å². The van der Waals surface area contributed by atoms with E-state index in [-0.39, 0.29) is 29.7 Å². The van der Waals surface area contributed by atoms with E-state index in [1.807, 2.05) is 6.92 Å². The fourth-order valence-corrected chi connectivity index (χ4v) is 2.49. The Morgan fingerprint density at radius 1 is 1.50 bits per heavy atom. The first-order chi connectivity index (χ1) is 8.47. The SMILES string of the molecule is CNC(=O)C(C)CN(C)C(=O)C1CCCNC1C. The molecule has 0 aliphatic carbocycles. The standard InChI is InChI=1S/C13H25N3O2/c1-9(12(17)14-3)8-16(4)13(18)11-6-5-7-15-10(11)2/h9-11,15H,5-8H2,1-4H3,(H,14,17). The van der Waals surface area contributed by atoms with Crippen LogP contribution in [-0.2, 0) is 9.59 Å². The van der Waals surface area contributed by atoms with Crippen molar-refractivity contribution in [3.8, 4) is 0 Å². The molecule has 0 aromatic rings. The number of hydrogen-bond donors (Lipinski definition) is 2. The fraction of sp³-hybridized carbons (Fsp3) is 0.846. The molecule has 18 heavy (non-hydrogen) atoms. The third-order valence-corrected chi connectivity index (χ3v) is 3.70. The minimum atomic E-state index is -0.171. The van der Waals surface area contributed by atoms with Gasteiger partial charge in [-0.15, -0.1) is 0 Å². The molecule has 0 aromatic carbocycles. The molecule has 5 nitrogen and oxygen atoms in total. The van der Waals surface area contributed by atoms with Crippen LogP contribution in [0.25, 0.3) is 0 Å². The Kier molecular flexibility index (Phi) is 5.59. The van der Waals surface area contributed by atoms with Crippen LogP contribution in [0.5, 0.6) is 0 Å². The van der Waals surface area contributed by atoms with Gasteiger partial charge in [0.25, 0.3) is 0 Å². The van der Waals surface area contributed by atoms with Crippen molar-refractivity contribution in [3.05, 3.63) is 0 Å². The molecule has 1 fully saturated rings. The molecule has 0 aromatic heterocycles. The molecule has 104 valence electrons. The predicted molar refractivity (Wildman–Crippen MR) is 71.1 cm³/mol. The Labute approximate surface area is 109 Å². The topological polar surface area (TPSA) is 61.4 Å². The zero-order chi connectivity index (χ0) is 13.7. The lowest BCUT2D eigenvalue weighted by molar-refractivity contribution is -0.137. The lowest BCUT2D eigenvalue weighted by Crippen LogP contribution is -2.48. The summed E-state index contributed by atoms with van der Waals surface area (Å²) in [5, 5.41) is 5.94. The van der Waals surface area contributed by atoms with Gasteiger partial charge in [-0.1, -0.05) is 6.92 Å². The summed E-state index contributed by atoms with van der Waals surface area (Å²) < 4.78 is 0. The molecule has 1 aliphatic rings. The van der Waals surface area contributed by atoms with Crippen molar-refractivity contribution in [1.29, 1.82) is 0 Å². The van der Waals surface area contributed by atoms with Crippen LogP contribution in [0, 0.1) is 11.8 Å². The summed E-state index contributed by atoms with van der Waals surface area (Å²) in [6.07, 6.45) is 1.98. The Hall–Kier alpha value is -1.10. The smallest absolute Gasteiger partial charge is 0.227 e. The molecule has 1 rings (SSSR count). The van der Waals surface area contributed by atoms with Gasteiger partial charge in [0.2, 0.25) is 11.8 Å². The van der Waals surface area contributed by atoms with Crippen LogP contribution in [0.3, 0.4) is 0 Å². The van der Waals surface area contributed by atoms with Gasteiger partial charge in [-0.2, -0.15) is 0 Å². The number of carbonyl (C=O) groups excluding carboxylic acids is 2. The first-order valence-electron chi connectivity index (χ1n) is 6.67. The zero-order valence-corrected chi connectivity index (χ0v) is 11.8. The molecule has 2 N–H and O–H groups in total. The second-order valence-electron chi connectivity index (χ2n) is 5.23. The summed E-state index contributed by atoms with van der Waals surface area (Å²) in [6, 6.07) is 0.226. The lowest BCUT2D eigenvalue weighted by atomic mass is 9.90. The summed E-state index contributed by atoms with van der Waals surface area (Å²) >= 11 is 0. The molecule has 1 heterocycles. The monoisotopic (exact) mass is 255 g/mol. The summed E-state index contributed by atoms with van der Waals surface area (Å²) in [4.78, 5) is 25.4. The number of hydrogen-bond acceptors (Lipinski definition) is 3. The molecule has 3 atom stereocenters. The Morgan fingerprint density at radius 2 is 2.17 bits per heavy atom. The van der Waals surface area contributed by atoms with Gasteiger partial charge >= 0.3 is 0 Å². The highest BCUT2D eigenvalue weighted by Crippen LogP contribution is 2.19. The maximum Gasteiger partial charge on any atom is 0.227 e. The third kappa shape index (κ3) is 3.70. The first kappa shape index (κ1) is 15.0. The summed E-state index contributed by atoms with van der Waals surface area (Å²) in [5.74, 6) is -0.00800. The lowest BCUT2D eigenvalue weighted by Gasteiger charge is -2.32. The number of rotatable bonds is 4. The van der Waals surface area contributed by atoms with Gasteiger partial charge in [-0.25, -0.2) is 0 Å². The molecule has 3 unspecified atom stereocenters. The fourth-order valence-electron chi connectivity index (χ4n) is 2.49. The van der Waals surface area contributed by atoms with Crippen molar-refractivity contribution in [1.82, 2.24) is 15.5 Å². The van der Waals surface area contributed by atoms with Gasteiger partial charge in [0.05, 0.1) is 11.8 Å². The quantitative estimate of drug-likeness (QED) is 0.755. The highest BCUT2D eigenvalue weighted by molar-refractivity contribution is 5.81. The van der Waals surface area contributed by atoms with Gasteiger partial charge in [0, 0.05) is 26.7 Å². The minimum Gasteiger partial charge on any atom is -0.359 e. The molecular weight excluding hydrogens is 230 g/mol. The molecule has 1 saturated heterocycles. The second-order valence-corrected chi connectivity index (χ2v) is 5.23. The van der Waals surface area contributed by atoms with Crippen molar-refractivity contribution in [2.24, 2.45) is 11.8 Å². The molecule has 0 bridgehead atoms. The van der Waals surface area contributed by atoms with Crippen molar-refractivity contribution in [2.75, 3.05) is 27.2 Å². The van der Waals surface area contributed by atoms with E-state index in [0.29, 0.717) is 6.54 Å². The highest BCUT2D eigenvalue weighted by Gasteiger charge is 2.30. The van der Waals surface area contributed by atoms with E-state index >= 15 is 0 Å². The van der Waals surface area contributed by atoms with Crippen LogP contribution >= 0.6 is 0 Å². The number of nitrogens with one attached hydrogen (secondary N) is 2. The van der Waals surface area contributed by atoms with E-state index in [0.717, 1.165) is 19.4 Å². The third-order valence-electron chi connectivity index (χ3n) is 3.70. The van der Waals surface area contributed by atoms with Crippen LogP contribution in [0.1, 0.15) is 26.7 Å². The minimum absolute atomic E-state index is 0.0236. The molecule has 1 aliphatic heterocycles. The molecule has 2 amide bonds. The molecular formula is C13H25N3O2. The second kappa shape index (κ2) is 6.73. The first-order valence-corrected chi connectivity index (χ1v) is 6.67. The average molecular weight is 255 g/mol. The molecule has 0 saturated carbocycles. The van der Waals surface area contributed by atoms with Crippen LogP contribution in [0.4, 0.5) is 0 Å². The highest BCUT2D eigenvalue weighted by atomic mass is 16.2. The number of amides is 2. The normalized spacial score (nSPS) is 25.3. The van der Waals surface area contributed by atoms with Crippen LogP contribution in [0.2, 0.25) is 0 Å². The van der Waals surface area contributed by atoms with Gasteiger partial charge in [-0.3, -0.25) is 9.59 Å². The molecule has 5 heteroatoms. The van der Waals surface area contributed by atoms with E-state index < -0.39 is 0 Å². The maximum absolute atomic E-state index is 12.3. The van der Waals surface area contributed by atoms with Gasteiger partial charge in [0.1, 0.15) is 0 Å². The van der Waals surface area contributed by atoms with E-state index in [1.165, 1.54) is 0 Å². The van der Waals surface area contributed by atoms with E-state index in [1.54, 1.807) is 19.0 Å². The van der Waals surface area contributed by atoms with E-state index in [9.17, 15) is 9.59 Å². The van der Waals surface area contributed by atoms with Crippen molar-refractivity contribution in [2.45, 2.75) is 32.7 Å². The Morgan fingerprint density at radius 3 is 2.72 bits per heavy atom. The van der Waals surface area contributed by atoms with Crippen LogP contribution in [-0.4, -0.2) is 49.9 Å². The molecule has 0 spiro atoms. The summed E-state index contributed by atoms with van der Waals surface area (Å²) in [7, 11) is 3.40. The van der Waals surface area contributed by atoms with Gasteiger partial charge in [-0.05, 0) is 26.3 Å². The van der Waals surface area contributed by atoms with Crippen LogP contribution in [0.15, 0.2) is 0 Å². The largest absolute Gasteiger partial charge is 0.359 e. The molecule has 0 radical (unpaired) electrons. The van der Waals surface area contributed by atoms with Crippen molar-refractivity contribution >= 4 is 11.8 Å². The zero-order valence-electron chi connectivity index (χ0n) is 11.8. The average Bonchev–Trinajstić information content (AvgIpc) is 2.37.